The number of carboxylic acids is 1. The van der Waals surface area contributed by atoms with Crippen molar-refractivity contribution in [3.8, 4) is 0 Å². The third-order valence-corrected chi connectivity index (χ3v) is 2.97. The Morgan fingerprint density at radius 3 is 2.78 bits per heavy atom. The minimum atomic E-state index is -1.47. The average molecular weight is 256 g/mol. The molecule has 98 valence electrons. The van der Waals surface area contributed by atoms with Crippen molar-refractivity contribution >= 4 is 11.7 Å². The molecule has 1 unspecified atom stereocenters. The summed E-state index contributed by atoms with van der Waals surface area (Å²) in [5.74, 6) is -3.94. The maximum Gasteiger partial charge on any atom is 0.338 e. The number of benzene rings is 1. The van der Waals surface area contributed by atoms with Gasteiger partial charge in [-0.05, 0) is 31.5 Å². The van der Waals surface area contributed by atoms with Crippen LogP contribution < -0.4 is 10.6 Å². The molecule has 0 saturated carbocycles. The summed E-state index contributed by atoms with van der Waals surface area (Å²) < 4.78 is 27.1. The van der Waals surface area contributed by atoms with Crippen LogP contribution >= 0.6 is 0 Å². The van der Waals surface area contributed by atoms with E-state index in [2.05, 4.69) is 10.6 Å². The zero-order valence-electron chi connectivity index (χ0n) is 9.67. The topological polar surface area (TPSA) is 61.4 Å². The van der Waals surface area contributed by atoms with Gasteiger partial charge in [0, 0.05) is 12.6 Å². The Bertz CT molecular complexity index is 460. The van der Waals surface area contributed by atoms with Crippen LogP contribution in [0.1, 0.15) is 23.2 Å². The molecule has 1 heterocycles. The number of halogens is 2. The van der Waals surface area contributed by atoms with Crippen molar-refractivity contribution < 1.29 is 18.7 Å². The predicted molar refractivity (Wildman–Crippen MR) is 62.8 cm³/mol. The van der Waals surface area contributed by atoms with Crippen LogP contribution in [-0.2, 0) is 0 Å². The second-order valence-electron chi connectivity index (χ2n) is 4.28. The van der Waals surface area contributed by atoms with Crippen molar-refractivity contribution in [2.24, 2.45) is 0 Å². The van der Waals surface area contributed by atoms with Gasteiger partial charge in [-0.25, -0.2) is 13.6 Å². The lowest BCUT2D eigenvalue weighted by Crippen LogP contribution is -2.38. The highest BCUT2D eigenvalue weighted by Crippen LogP contribution is 2.22. The quantitative estimate of drug-likeness (QED) is 0.772. The molecule has 1 saturated heterocycles. The number of nitrogens with one attached hydrogen (secondary N) is 2. The number of carboxylic acid groups (broad SMARTS) is 1. The molecule has 1 aliphatic rings. The Hall–Kier alpha value is -1.69. The van der Waals surface area contributed by atoms with Gasteiger partial charge in [0.2, 0.25) is 0 Å². The highest BCUT2D eigenvalue weighted by atomic mass is 19.2. The maximum absolute atomic E-state index is 13.7. The zero-order chi connectivity index (χ0) is 13.1. The molecule has 3 N–H and O–H groups in total. The normalized spacial score (nSPS) is 19.6. The molecule has 0 bridgehead atoms. The SMILES string of the molecule is O=C(O)c1ccc(NC2CCCNC2)c(F)c1F. The van der Waals surface area contributed by atoms with Crippen molar-refractivity contribution in [1.29, 1.82) is 0 Å². The van der Waals surface area contributed by atoms with Gasteiger partial charge >= 0.3 is 5.97 Å². The molecule has 1 fully saturated rings. The van der Waals surface area contributed by atoms with Gasteiger partial charge in [0.05, 0.1) is 11.3 Å². The minimum Gasteiger partial charge on any atom is -0.478 e. The molecule has 1 aromatic rings. The van der Waals surface area contributed by atoms with E-state index < -0.39 is 23.2 Å². The van der Waals surface area contributed by atoms with Gasteiger partial charge in [-0.15, -0.1) is 0 Å². The third kappa shape index (κ3) is 2.59. The van der Waals surface area contributed by atoms with E-state index in [1.165, 1.54) is 6.07 Å². The number of hydrogen-bond acceptors (Lipinski definition) is 3. The highest BCUT2D eigenvalue weighted by molar-refractivity contribution is 5.88. The Balaban J connectivity index is 2.18. The second-order valence-corrected chi connectivity index (χ2v) is 4.28. The van der Waals surface area contributed by atoms with Crippen LogP contribution in [0.5, 0.6) is 0 Å². The predicted octanol–water partition coefficient (Wildman–Crippen LogP) is 1.83. The molecule has 0 amide bonds. The molecule has 1 aromatic carbocycles. The number of piperidine rings is 1. The van der Waals surface area contributed by atoms with Crippen LogP contribution in [0.25, 0.3) is 0 Å². The first kappa shape index (κ1) is 12.8. The fraction of sp³-hybridized carbons (Fsp3) is 0.417. The summed E-state index contributed by atoms with van der Waals surface area (Å²) in [4.78, 5) is 10.6. The summed E-state index contributed by atoms with van der Waals surface area (Å²) in [6, 6.07) is 2.36. The van der Waals surface area contributed by atoms with E-state index >= 15 is 0 Å². The van der Waals surface area contributed by atoms with Gasteiger partial charge in [-0.3, -0.25) is 0 Å². The summed E-state index contributed by atoms with van der Waals surface area (Å²) in [7, 11) is 0. The van der Waals surface area contributed by atoms with Crippen molar-refractivity contribution in [1.82, 2.24) is 5.32 Å². The fourth-order valence-corrected chi connectivity index (χ4v) is 2.02. The van der Waals surface area contributed by atoms with Crippen LogP contribution in [0.4, 0.5) is 14.5 Å². The summed E-state index contributed by atoms with van der Waals surface area (Å²) >= 11 is 0. The second kappa shape index (κ2) is 5.30. The van der Waals surface area contributed by atoms with Crippen molar-refractivity contribution in [3.63, 3.8) is 0 Å². The lowest BCUT2D eigenvalue weighted by Gasteiger charge is -2.25. The summed E-state index contributed by atoms with van der Waals surface area (Å²) in [5.41, 5.74) is -0.647. The molecule has 2 rings (SSSR count). The van der Waals surface area contributed by atoms with Crippen molar-refractivity contribution in [2.45, 2.75) is 18.9 Å². The van der Waals surface area contributed by atoms with Gasteiger partial charge in [0.25, 0.3) is 0 Å². The molecule has 0 aromatic heterocycles. The van der Waals surface area contributed by atoms with Gasteiger partial charge in [0.1, 0.15) is 0 Å². The van der Waals surface area contributed by atoms with Crippen molar-refractivity contribution in [3.05, 3.63) is 29.3 Å². The molecule has 1 atom stereocenters. The van der Waals surface area contributed by atoms with E-state index in [4.69, 9.17) is 5.11 Å². The first-order chi connectivity index (χ1) is 8.59. The van der Waals surface area contributed by atoms with Crippen molar-refractivity contribution in [2.75, 3.05) is 18.4 Å². The Morgan fingerprint density at radius 2 is 2.17 bits per heavy atom. The number of rotatable bonds is 3. The average Bonchev–Trinajstić information content (AvgIpc) is 2.36. The molecular formula is C12H14F2N2O2. The highest BCUT2D eigenvalue weighted by Gasteiger charge is 2.20. The summed E-state index contributed by atoms with van der Waals surface area (Å²) in [6.45, 7) is 1.61. The van der Waals surface area contributed by atoms with Crippen LogP contribution in [0.3, 0.4) is 0 Å². The largest absolute Gasteiger partial charge is 0.478 e. The van der Waals surface area contributed by atoms with Gasteiger partial charge in [-0.2, -0.15) is 0 Å². The van der Waals surface area contributed by atoms with E-state index in [1.807, 2.05) is 0 Å². The number of aromatic carboxylic acids is 1. The number of anilines is 1. The molecule has 0 aliphatic carbocycles. The number of carbonyl (C=O) groups is 1. The monoisotopic (exact) mass is 256 g/mol. The van der Waals surface area contributed by atoms with E-state index in [-0.39, 0.29) is 11.7 Å². The molecule has 4 nitrogen and oxygen atoms in total. The molecule has 18 heavy (non-hydrogen) atoms. The minimum absolute atomic E-state index is 0.00574. The van der Waals surface area contributed by atoms with Gasteiger partial charge in [0.15, 0.2) is 11.6 Å². The fourth-order valence-electron chi connectivity index (χ4n) is 2.02. The van der Waals surface area contributed by atoms with Gasteiger partial charge in [-0.1, -0.05) is 0 Å². The lowest BCUT2D eigenvalue weighted by atomic mass is 10.1. The standard InChI is InChI=1S/C12H14F2N2O2/c13-10-8(12(17)18)3-4-9(11(10)14)16-7-2-1-5-15-6-7/h3-4,7,15-16H,1-2,5-6H2,(H,17,18). The van der Waals surface area contributed by atoms with E-state index in [0.29, 0.717) is 6.54 Å². The summed E-state index contributed by atoms with van der Waals surface area (Å²) in [6.07, 6.45) is 1.84. The lowest BCUT2D eigenvalue weighted by molar-refractivity contribution is 0.0690. The molecule has 1 aliphatic heterocycles. The van der Waals surface area contributed by atoms with E-state index in [1.54, 1.807) is 0 Å². The molecule has 0 radical (unpaired) electrons. The van der Waals surface area contributed by atoms with Crippen LogP contribution in [-0.4, -0.2) is 30.2 Å². The Kier molecular flexibility index (Phi) is 3.76. The smallest absolute Gasteiger partial charge is 0.338 e. The zero-order valence-corrected chi connectivity index (χ0v) is 9.67. The van der Waals surface area contributed by atoms with Gasteiger partial charge < -0.3 is 15.7 Å². The van der Waals surface area contributed by atoms with Crippen LogP contribution in [0.2, 0.25) is 0 Å². The Labute approximate surface area is 103 Å². The van der Waals surface area contributed by atoms with E-state index in [9.17, 15) is 13.6 Å². The Morgan fingerprint density at radius 1 is 1.39 bits per heavy atom. The molecule has 6 heteroatoms. The molecule has 0 spiro atoms. The van der Waals surface area contributed by atoms with Crippen LogP contribution in [0, 0.1) is 11.6 Å². The first-order valence-electron chi connectivity index (χ1n) is 5.78. The van der Waals surface area contributed by atoms with Crippen LogP contribution in [0.15, 0.2) is 12.1 Å². The maximum atomic E-state index is 13.7. The van der Waals surface area contributed by atoms with E-state index in [0.717, 1.165) is 25.5 Å². The first-order valence-corrected chi connectivity index (χ1v) is 5.78. The number of hydrogen-bond donors (Lipinski definition) is 3. The third-order valence-electron chi connectivity index (χ3n) is 2.97. The molecular weight excluding hydrogens is 242 g/mol. The summed E-state index contributed by atoms with van der Waals surface area (Å²) in [5, 5.41) is 14.7.